The predicted molar refractivity (Wildman–Crippen MR) is 69.0 cm³/mol. The topological polar surface area (TPSA) is 42.7 Å². The highest BCUT2D eigenvalue weighted by atomic mass is 15.4. The van der Waals surface area contributed by atoms with E-state index in [4.69, 9.17) is 0 Å². The SMILES string of the molecule is CCCn1nncc1C1(C)CCC(NCC)C1. The summed E-state index contributed by atoms with van der Waals surface area (Å²) in [6.45, 7) is 8.77. The van der Waals surface area contributed by atoms with Crippen LogP contribution in [0.1, 0.15) is 52.1 Å². The van der Waals surface area contributed by atoms with Crippen molar-refractivity contribution in [2.24, 2.45) is 0 Å². The average Bonchev–Trinajstić information content (AvgIpc) is 2.88. The summed E-state index contributed by atoms with van der Waals surface area (Å²) in [5, 5.41) is 11.9. The molecule has 2 atom stereocenters. The summed E-state index contributed by atoms with van der Waals surface area (Å²) in [6.07, 6.45) is 6.79. The molecule has 0 aliphatic heterocycles. The highest BCUT2D eigenvalue weighted by Crippen LogP contribution is 2.40. The van der Waals surface area contributed by atoms with Gasteiger partial charge >= 0.3 is 0 Å². The van der Waals surface area contributed by atoms with Crippen LogP contribution in [-0.2, 0) is 12.0 Å². The highest BCUT2D eigenvalue weighted by Gasteiger charge is 2.38. The van der Waals surface area contributed by atoms with E-state index in [1.165, 1.54) is 25.0 Å². The fraction of sp³-hybridized carbons (Fsp3) is 0.846. The Morgan fingerprint density at radius 2 is 2.35 bits per heavy atom. The van der Waals surface area contributed by atoms with Crippen LogP contribution in [0.25, 0.3) is 0 Å². The lowest BCUT2D eigenvalue weighted by molar-refractivity contribution is 0.409. The molecule has 4 heteroatoms. The second-order valence-electron chi connectivity index (χ2n) is 5.40. The molecule has 1 heterocycles. The summed E-state index contributed by atoms with van der Waals surface area (Å²) in [6, 6.07) is 0.662. The lowest BCUT2D eigenvalue weighted by Crippen LogP contribution is -2.30. The Morgan fingerprint density at radius 3 is 3.06 bits per heavy atom. The predicted octanol–water partition coefficient (Wildman–Crippen LogP) is 2.11. The Balaban J connectivity index is 2.13. The van der Waals surface area contributed by atoms with Gasteiger partial charge in [0.25, 0.3) is 0 Å². The van der Waals surface area contributed by atoms with Crippen molar-refractivity contribution in [2.45, 2.75) is 64.5 Å². The van der Waals surface area contributed by atoms with E-state index in [0.717, 1.165) is 19.5 Å². The molecule has 1 fully saturated rings. The molecular formula is C13H24N4. The molecule has 0 bridgehead atoms. The van der Waals surface area contributed by atoms with Gasteiger partial charge < -0.3 is 5.32 Å². The molecule has 0 aromatic carbocycles. The largest absolute Gasteiger partial charge is 0.314 e. The number of nitrogens with zero attached hydrogens (tertiary/aromatic N) is 3. The molecule has 2 rings (SSSR count). The first kappa shape index (κ1) is 12.6. The minimum atomic E-state index is 0.255. The molecule has 1 aromatic rings. The van der Waals surface area contributed by atoms with Crippen LogP contribution in [-0.4, -0.2) is 27.6 Å². The number of aromatic nitrogens is 3. The van der Waals surface area contributed by atoms with Gasteiger partial charge in [-0.05, 0) is 32.2 Å². The zero-order valence-corrected chi connectivity index (χ0v) is 11.2. The van der Waals surface area contributed by atoms with Crippen LogP contribution in [0.15, 0.2) is 6.20 Å². The second kappa shape index (κ2) is 5.17. The molecule has 0 saturated heterocycles. The number of hydrogen-bond donors (Lipinski definition) is 1. The van der Waals surface area contributed by atoms with Crippen LogP contribution in [0.4, 0.5) is 0 Å². The Morgan fingerprint density at radius 1 is 1.53 bits per heavy atom. The molecule has 0 radical (unpaired) electrons. The van der Waals surface area contributed by atoms with Crippen LogP contribution >= 0.6 is 0 Å². The smallest absolute Gasteiger partial charge is 0.0730 e. The minimum absolute atomic E-state index is 0.255. The summed E-state index contributed by atoms with van der Waals surface area (Å²) < 4.78 is 2.09. The molecule has 1 aliphatic carbocycles. The van der Waals surface area contributed by atoms with E-state index in [9.17, 15) is 0 Å². The van der Waals surface area contributed by atoms with Crippen molar-refractivity contribution in [1.82, 2.24) is 20.3 Å². The first-order valence-electron chi connectivity index (χ1n) is 6.82. The van der Waals surface area contributed by atoms with Crippen molar-refractivity contribution in [2.75, 3.05) is 6.54 Å². The van der Waals surface area contributed by atoms with Gasteiger partial charge in [0, 0.05) is 18.0 Å². The van der Waals surface area contributed by atoms with Crippen molar-refractivity contribution >= 4 is 0 Å². The third-order valence-corrected chi connectivity index (χ3v) is 3.91. The molecule has 1 N–H and O–H groups in total. The van der Waals surface area contributed by atoms with Gasteiger partial charge in [0.05, 0.1) is 11.9 Å². The second-order valence-corrected chi connectivity index (χ2v) is 5.40. The average molecular weight is 236 g/mol. The van der Waals surface area contributed by atoms with Gasteiger partial charge in [0.2, 0.25) is 0 Å². The lowest BCUT2D eigenvalue weighted by Gasteiger charge is -2.24. The first-order chi connectivity index (χ1) is 8.19. The van der Waals surface area contributed by atoms with Crippen molar-refractivity contribution in [3.8, 4) is 0 Å². The number of nitrogens with one attached hydrogen (secondary N) is 1. The molecule has 1 saturated carbocycles. The number of aryl methyl sites for hydroxylation is 1. The van der Waals surface area contributed by atoms with E-state index in [2.05, 4.69) is 41.1 Å². The summed E-state index contributed by atoms with van der Waals surface area (Å²) in [7, 11) is 0. The van der Waals surface area contributed by atoms with E-state index in [1.54, 1.807) is 0 Å². The van der Waals surface area contributed by atoms with E-state index < -0.39 is 0 Å². The van der Waals surface area contributed by atoms with Crippen LogP contribution < -0.4 is 5.32 Å². The molecule has 1 aliphatic rings. The van der Waals surface area contributed by atoms with Gasteiger partial charge in [-0.2, -0.15) is 0 Å². The highest BCUT2D eigenvalue weighted by molar-refractivity contribution is 5.16. The Kier molecular flexibility index (Phi) is 3.82. The number of rotatable bonds is 5. The molecule has 2 unspecified atom stereocenters. The lowest BCUT2D eigenvalue weighted by atomic mass is 9.85. The summed E-state index contributed by atoms with van der Waals surface area (Å²) in [4.78, 5) is 0. The minimum Gasteiger partial charge on any atom is -0.314 e. The third kappa shape index (κ3) is 2.51. The Bertz CT molecular complexity index is 360. The first-order valence-corrected chi connectivity index (χ1v) is 6.82. The van der Waals surface area contributed by atoms with Crippen LogP contribution in [0.3, 0.4) is 0 Å². The molecule has 0 amide bonds. The van der Waals surface area contributed by atoms with Crippen molar-refractivity contribution in [3.63, 3.8) is 0 Å². The zero-order valence-electron chi connectivity index (χ0n) is 11.2. The van der Waals surface area contributed by atoms with Gasteiger partial charge in [-0.25, -0.2) is 4.68 Å². The maximum Gasteiger partial charge on any atom is 0.0730 e. The molecule has 1 aromatic heterocycles. The van der Waals surface area contributed by atoms with Gasteiger partial charge in [0.1, 0.15) is 0 Å². The summed E-state index contributed by atoms with van der Waals surface area (Å²) in [5.74, 6) is 0. The van der Waals surface area contributed by atoms with Crippen molar-refractivity contribution in [1.29, 1.82) is 0 Å². The van der Waals surface area contributed by atoms with Gasteiger partial charge in [-0.3, -0.25) is 0 Å². The van der Waals surface area contributed by atoms with E-state index in [1.807, 2.05) is 6.20 Å². The molecule has 0 spiro atoms. The standard InChI is InChI=1S/C13H24N4/c1-4-8-17-12(10-15-16-17)13(3)7-6-11(9-13)14-5-2/h10-11,14H,4-9H2,1-3H3. The zero-order chi connectivity index (χ0) is 12.3. The molecule has 96 valence electrons. The fourth-order valence-corrected chi connectivity index (χ4v) is 3.04. The van der Waals surface area contributed by atoms with Gasteiger partial charge in [0.15, 0.2) is 0 Å². The maximum atomic E-state index is 4.21. The van der Waals surface area contributed by atoms with Gasteiger partial charge in [-0.1, -0.05) is 26.0 Å². The van der Waals surface area contributed by atoms with E-state index in [-0.39, 0.29) is 5.41 Å². The summed E-state index contributed by atoms with van der Waals surface area (Å²) >= 11 is 0. The van der Waals surface area contributed by atoms with Gasteiger partial charge in [-0.15, -0.1) is 5.10 Å². The van der Waals surface area contributed by atoms with Crippen LogP contribution in [0.2, 0.25) is 0 Å². The molecule has 4 nitrogen and oxygen atoms in total. The molecular weight excluding hydrogens is 212 g/mol. The third-order valence-electron chi connectivity index (χ3n) is 3.91. The van der Waals surface area contributed by atoms with E-state index >= 15 is 0 Å². The fourth-order valence-electron chi connectivity index (χ4n) is 3.04. The Labute approximate surface area is 104 Å². The van der Waals surface area contributed by atoms with E-state index in [0.29, 0.717) is 6.04 Å². The van der Waals surface area contributed by atoms with Crippen molar-refractivity contribution < 1.29 is 0 Å². The van der Waals surface area contributed by atoms with Crippen LogP contribution in [0, 0.1) is 0 Å². The van der Waals surface area contributed by atoms with Crippen molar-refractivity contribution in [3.05, 3.63) is 11.9 Å². The monoisotopic (exact) mass is 236 g/mol. The van der Waals surface area contributed by atoms with Crippen LogP contribution in [0.5, 0.6) is 0 Å². The summed E-state index contributed by atoms with van der Waals surface area (Å²) in [5.41, 5.74) is 1.57. The quantitative estimate of drug-likeness (QED) is 0.851. The Hall–Kier alpha value is -0.900. The normalized spacial score (nSPS) is 28.8. The molecule has 17 heavy (non-hydrogen) atoms. The maximum absolute atomic E-state index is 4.21. The number of hydrogen-bond acceptors (Lipinski definition) is 3.